The Labute approximate surface area is 167 Å². The fraction of sp³-hybridized carbons (Fsp3) is 0.304. The van der Waals surface area contributed by atoms with Gasteiger partial charge in [-0.1, -0.05) is 18.2 Å². The summed E-state index contributed by atoms with van der Waals surface area (Å²) in [6, 6.07) is 7.46. The van der Waals surface area contributed by atoms with Crippen LogP contribution in [0, 0.1) is 18.3 Å². The minimum atomic E-state index is -0.0900. The van der Waals surface area contributed by atoms with Gasteiger partial charge in [0.2, 0.25) is 5.96 Å². The van der Waals surface area contributed by atoms with Gasteiger partial charge in [-0.2, -0.15) is 5.26 Å². The molecule has 1 aromatic rings. The van der Waals surface area contributed by atoms with Gasteiger partial charge in [-0.25, -0.2) is 9.98 Å². The van der Waals surface area contributed by atoms with E-state index < -0.39 is 0 Å². The van der Waals surface area contributed by atoms with E-state index >= 15 is 0 Å². The largest absolute Gasteiger partial charge is 0.347 e. The minimum absolute atomic E-state index is 0.0900. The molecule has 2 rings (SSSR count). The quantitative estimate of drug-likeness (QED) is 0.577. The van der Waals surface area contributed by atoms with Crippen LogP contribution >= 0.6 is 0 Å². The van der Waals surface area contributed by atoms with Gasteiger partial charge in [0.15, 0.2) is 5.78 Å². The summed E-state index contributed by atoms with van der Waals surface area (Å²) in [5, 5.41) is 9.15. The molecule has 5 nitrogen and oxygen atoms in total. The van der Waals surface area contributed by atoms with Crippen LogP contribution in [0.4, 0.5) is 0 Å². The van der Waals surface area contributed by atoms with Crippen LogP contribution in [0.3, 0.4) is 0 Å². The molecule has 0 saturated heterocycles. The lowest BCUT2D eigenvalue weighted by molar-refractivity contribution is -0.111. The maximum Gasteiger partial charge on any atom is 0.226 e. The number of guanidine groups is 1. The first-order valence-electron chi connectivity index (χ1n) is 9.16. The lowest BCUT2D eigenvalue weighted by atomic mass is 9.90. The van der Waals surface area contributed by atoms with E-state index in [1.165, 1.54) is 0 Å². The number of carbonyl (C=O) groups is 1. The first kappa shape index (κ1) is 21.0. The fourth-order valence-electron chi connectivity index (χ4n) is 3.10. The molecule has 1 aromatic carbocycles. The summed E-state index contributed by atoms with van der Waals surface area (Å²) >= 11 is 0. The van der Waals surface area contributed by atoms with Gasteiger partial charge in [-0.3, -0.25) is 4.79 Å². The van der Waals surface area contributed by atoms with Crippen LogP contribution in [-0.4, -0.2) is 36.4 Å². The number of rotatable bonds is 4. The second kappa shape index (κ2) is 8.62. The van der Waals surface area contributed by atoms with E-state index in [1.54, 1.807) is 19.1 Å². The molecule has 0 aliphatic carbocycles. The van der Waals surface area contributed by atoms with E-state index in [1.807, 2.05) is 64.9 Å². The number of hydrogen-bond acceptors (Lipinski definition) is 5. The maximum atomic E-state index is 12.7. The molecule has 1 aliphatic rings. The van der Waals surface area contributed by atoms with E-state index in [4.69, 9.17) is 15.2 Å². The number of allylic oxidation sites excluding steroid dienone is 5. The number of Topliss-reactive ketones (excluding diaryl/α,β-unsaturated/α-hetero) is 1. The molecule has 0 bridgehead atoms. The Kier molecular flexibility index (Phi) is 6.48. The summed E-state index contributed by atoms with van der Waals surface area (Å²) in [4.78, 5) is 24.0. The fourth-order valence-corrected chi connectivity index (χ4v) is 3.10. The summed E-state index contributed by atoms with van der Waals surface area (Å²) in [6.07, 6.45) is 4.01. The zero-order chi connectivity index (χ0) is 21.0. The zero-order valence-corrected chi connectivity index (χ0v) is 17.6. The van der Waals surface area contributed by atoms with Crippen LogP contribution in [0.15, 0.2) is 57.2 Å². The third kappa shape index (κ3) is 4.01. The zero-order valence-electron chi connectivity index (χ0n) is 17.6. The number of aliphatic imine (C=N–C) groups is 2. The molecule has 0 aromatic heterocycles. The van der Waals surface area contributed by atoms with Crippen molar-refractivity contribution < 1.29 is 4.79 Å². The Morgan fingerprint density at radius 2 is 1.82 bits per heavy atom. The second-order valence-corrected chi connectivity index (χ2v) is 6.86. The normalized spacial score (nSPS) is 16.4. The number of aryl methyl sites for hydroxylation is 1. The van der Waals surface area contributed by atoms with Crippen LogP contribution < -0.4 is 0 Å². The topological polar surface area (TPSA) is 68.8 Å². The maximum absolute atomic E-state index is 12.7. The molecule has 0 fully saturated rings. The highest BCUT2D eigenvalue weighted by atomic mass is 16.1. The second-order valence-electron chi connectivity index (χ2n) is 6.86. The van der Waals surface area contributed by atoms with Crippen molar-refractivity contribution in [2.45, 2.75) is 34.6 Å². The lowest BCUT2D eigenvalue weighted by Crippen LogP contribution is -2.18. The van der Waals surface area contributed by atoms with Crippen molar-refractivity contribution in [2.75, 3.05) is 14.1 Å². The molecule has 1 heterocycles. The van der Waals surface area contributed by atoms with Gasteiger partial charge in [0, 0.05) is 19.7 Å². The van der Waals surface area contributed by atoms with Gasteiger partial charge < -0.3 is 4.90 Å². The van der Waals surface area contributed by atoms with Gasteiger partial charge in [0.05, 0.1) is 17.2 Å². The molecular weight excluding hydrogens is 348 g/mol. The van der Waals surface area contributed by atoms with Crippen molar-refractivity contribution in [1.82, 2.24) is 4.90 Å². The highest BCUT2D eigenvalue weighted by molar-refractivity contribution is 6.33. The Morgan fingerprint density at radius 3 is 2.29 bits per heavy atom. The SMILES string of the molecule is C/C=C(C)\C(=C/C)C1=NC(N(C)C)=N/C1=C(/C(C)=O)c1ccc(C#N)cc1C. The van der Waals surface area contributed by atoms with Gasteiger partial charge >= 0.3 is 0 Å². The van der Waals surface area contributed by atoms with E-state index in [0.29, 0.717) is 28.5 Å². The molecule has 0 radical (unpaired) electrons. The molecule has 5 heteroatoms. The lowest BCUT2D eigenvalue weighted by Gasteiger charge is -2.14. The molecule has 28 heavy (non-hydrogen) atoms. The third-order valence-corrected chi connectivity index (χ3v) is 4.66. The van der Waals surface area contributed by atoms with Crippen molar-refractivity contribution in [3.63, 3.8) is 0 Å². The number of nitriles is 1. The number of ketones is 1. The van der Waals surface area contributed by atoms with E-state index in [0.717, 1.165) is 22.3 Å². The summed E-state index contributed by atoms with van der Waals surface area (Å²) in [7, 11) is 3.75. The molecule has 0 unspecified atom stereocenters. The van der Waals surface area contributed by atoms with Gasteiger partial charge in [0.1, 0.15) is 11.4 Å². The Bertz CT molecular complexity index is 1010. The standard InChI is InChI=1S/C23H26N4O/c1-8-14(3)18(9-2)21-22(26-23(25-21)27(6)7)20(16(5)28)19-11-10-17(13-24)12-15(19)4/h8-12H,1-7H3/b14-8-,18-9+,22-20-. The molecule has 0 spiro atoms. The van der Waals surface area contributed by atoms with Crippen molar-refractivity contribution in [2.24, 2.45) is 9.98 Å². The summed E-state index contributed by atoms with van der Waals surface area (Å²) in [6.45, 7) is 9.39. The van der Waals surface area contributed by atoms with Crippen LogP contribution in [0.2, 0.25) is 0 Å². The highest BCUT2D eigenvalue weighted by Gasteiger charge is 2.28. The first-order valence-corrected chi connectivity index (χ1v) is 9.16. The van der Waals surface area contributed by atoms with Crippen molar-refractivity contribution in [1.29, 1.82) is 5.26 Å². The van der Waals surface area contributed by atoms with Gasteiger partial charge in [-0.05, 0) is 63.5 Å². The monoisotopic (exact) mass is 374 g/mol. The third-order valence-electron chi connectivity index (χ3n) is 4.66. The number of hydrogen-bond donors (Lipinski definition) is 0. The van der Waals surface area contributed by atoms with Crippen LogP contribution in [0.25, 0.3) is 5.57 Å². The molecule has 144 valence electrons. The van der Waals surface area contributed by atoms with Gasteiger partial charge in [-0.15, -0.1) is 0 Å². The predicted octanol–water partition coefficient (Wildman–Crippen LogP) is 4.45. The minimum Gasteiger partial charge on any atom is -0.347 e. The number of carbonyl (C=O) groups excluding carboxylic acids is 1. The predicted molar refractivity (Wildman–Crippen MR) is 115 cm³/mol. The highest BCUT2D eigenvalue weighted by Crippen LogP contribution is 2.31. The Balaban J connectivity index is 2.85. The summed E-state index contributed by atoms with van der Waals surface area (Å²) in [5.41, 5.74) is 5.97. The van der Waals surface area contributed by atoms with Gasteiger partial charge in [0.25, 0.3) is 0 Å². The van der Waals surface area contributed by atoms with Crippen molar-refractivity contribution in [3.05, 3.63) is 63.9 Å². The molecule has 0 atom stereocenters. The Hall–Kier alpha value is -3.26. The van der Waals surface area contributed by atoms with Crippen LogP contribution in [0.5, 0.6) is 0 Å². The van der Waals surface area contributed by atoms with Crippen LogP contribution in [-0.2, 0) is 4.79 Å². The molecule has 0 N–H and O–H groups in total. The van der Waals surface area contributed by atoms with Crippen LogP contribution in [0.1, 0.15) is 44.4 Å². The number of benzene rings is 1. The smallest absolute Gasteiger partial charge is 0.226 e. The number of nitrogens with zero attached hydrogens (tertiary/aromatic N) is 4. The van der Waals surface area contributed by atoms with Crippen molar-refractivity contribution >= 4 is 23.0 Å². The van der Waals surface area contributed by atoms with E-state index in [9.17, 15) is 4.79 Å². The molecule has 0 saturated carbocycles. The average Bonchev–Trinajstić information content (AvgIpc) is 3.08. The molecular formula is C23H26N4O. The molecule has 1 aliphatic heterocycles. The summed E-state index contributed by atoms with van der Waals surface area (Å²) in [5.74, 6) is 0.464. The summed E-state index contributed by atoms with van der Waals surface area (Å²) < 4.78 is 0. The van der Waals surface area contributed by atoms with E-state index in [-0.39, 0.29) is 5.78 Å². The average molecular weight is 374 g/mol. The first-order chi connectivity index (χ1) is 13.2. The Morgan fingerprint density at radius 1 is 1.14 bits per heavy atom. The molecule has 0 amide bonds. The van der Waals surface area contributed by atoms with E-state index in [2.05, 4.69) is 6.07 Å². The van der Waals surface area contributed by atoms with Crippen molar-refractivity contribution in [3.8, 4) is 6.07 Å².